The number of aryl methyl sites for hydroxylation is 3. The van der Waals surface area contributed by atoms with Gasteiger partial charge in [-0.05, 0) is 74.4 Å². The number of allylic oxidation sites excluding steroid dienone is 1. The molecule has 3 nitrogen and oxygen atoms in total. The molecule has 2 heterocycles. The van der Waals surface area contributed by atoms with E-state index in [1.165, 1.54) is 22.1 Å². The van der Waals surface area contributed by atoms with Crippen LogP contribution in [0.15, 0.2) is 53.2 Å². The van der Waals surface area contributed by atoms with Crippen molar-refractivity contribution in [1.82, 2.24) is 9.55 Å². The van der Waals surface area contributed by atoms with Crippen LogP contribution in [0.4, 0.5) is 4.39 Å². The first-order chi connectivity index (χ1) is 13.0. The minimum Gasteiger partial charge on any atom is -0.337 e. The highest BCUT2D eigenvalue weighted by Gasteiger charge is 2.16. The molecule has 3 aromatic rings. The highest BCUT2D eigenvalue weighted by atomic mass is 32.2. The van der Waals surface area contributed by atoms with E-state index in [1.807, 2.05) is 23.6 Å². The fourth-order valence-electron chi connectivity index (χ4n) is 3.41. The van der Waals surface area contributed by atoms with Crippen molar-refractivity contribution in [1.29, 1.82) is 0 Å². The van der Waals surface area contributed by atoms with Crippen molar-refractivity contribution < 1.29 is 4.39 Å². The molecule has 0 aliphatic carbocycles. The molecule has 0 radical (unpaired) electrons. The van der Waals surface area contributed by atoms with E-state index >= 15 is 0 Å². The van der Waals surface area contributed by atoms with Gasteiger partial charge in [0.25, 0.3) is 0 Å². The van der Waals surface area contributed by atoms with Gasteiger partial charge in [0.1, 0.15) is 5.83 Å². The van der Waals surface area contributed by atoms with Gasteiger partial charge in [-0.25, -0.2) is 4.39 Å². The molecule has 142 valence electrons. The Morgan fingerprint density at radius 1 is 1.15 bits per heavy atom. The third kappa shape index (κ3) is 4.42. The van der Waals surface area contributed by atoms with Crippen molar-refractivity contribution in [3.05, 3.63) is 70.8 Å². The maximum atomic E-state index is 14.1. The molecule has 0 atom stereocenters. The molecule has 0 saturated carbocycles. The topological polar surface area (TPSA) is 43.8 Å². The number of halogens is 1. The van der Waals surface area contributed by atoms with Crippen molar-refractivity contribution >= 4 is 22.8 Å². The van der Waals surface area contributed by atoms with E-state index < -0.39 is 0 Å². The maximum absolute atomic E-state index is 14.1. The standard InChI is InChI=1S/C22H26FN3S/c1-15-4-11-21-22(25-15)20(16(2)26(21)14-18(23)12-13-24)10-7-17-5-8-19(27-3)9-6-17/h4-6,8-9,11-12H,7,10,13-14,24H2,1-3H3/b18-12-. The molecular formula is C22H26FN3S. The molecule has 0 amide bonds. The maximum Gasteiger partial charge on any atom is 0.117 e. The van der Waals surface area contributed by atoms with Crippen LogP contribution in [-0.2, 0) is 19.4 Å². The number of rotatable bonds is 7. The van der Waals surface area contributed by atoms with Gasteiger partial charge in [0.15, 0.2) is 0 Å². The van der Waals surface area contributed by atoms with E-state index in [2.05, 4.69) is 37.4 Å². The summed E-state index contributed by atoms with van der Waals surface area (Å²) >= 11 is 1.75. The molecule has 0 aliphatic rings. The molecule has 5 heteroatoms. The number of nitrogens with zero attached hydrogens (tertiary/aromatic N) is 2. The minimum absolute atomic E-state index is 0.201. The molecule has 0 spiro atoms. The summed E-state index contributed by atoms with van der Waals surface area (Å²) in [7, 11) is 0. The number of pyridine rings is 1. The van der Waals surface area contributed by atoms with E-state index in [-0.39, 0.29) is 18.9 Å². The van der Waals surface area contributed by atoms with Gasteiger partial charge in [0.05, 0.1) is 17.6 Å². The van der Waals surface area contributed by atoms with Crippen LogP contribution >= 0.6 is 11.8 Å². The predicted molar refractivity (Wildman–Crippen MR) is 113 cm³/mol. The Balaban J connectivity index is 1.94. The van der Waals surface area contributed by atoms with Crippen LogP contribution in [-0.4, -0.2) is 22.4 Å². The molecule has 0 fully saturated rings. The lowest BCUT2D eigenvalue weighted by molar-refractivity contribution is 0.554. The number of thioether (sulfide) groups is 1. The van der Waals surface area contributed by atoms with Gasteiger partial charge in [-0.15, -0.1) is 11.8 Å². The zero-order valence-corrected chi connectivity index (χ0v) is 16.9. The molecule has 27 heavy (non-hydrogen) atoms. The number of benzene rings is 1. The zero-order chi connectivity index (χ0) is 19.4. The normalized spacial score (nSPS) is 12.1. The molecule has 3 rings (SSSR count). The van der Waals surface area contributed by atoms with Gasteiger partial charge in [-0.2, -0.15) is 0 Å². The Kier molecular flexibility index (Phi) is 6.34. The number of fused-ring (bicyclic) bond motifs is 1. The van der Waals surface area contributed by atoms with Crippen LogP contribution < -0.4 is 5.73 Å². The van der Waals surface area contributed by atoms with Crippen LogP contribution in [0.5, 0.6) is 0 Å². The van der Waals surface area contributed by atoms with E-state index in [1.54, 1.807) is 11.8 Å². The predicted octanol–water partition coefficient (Wildman–Crippen LogP) is 4.97. The van der Waals surface area contributed by atoms with Gasteiger partial charge < -0.3 is 10.3 Å². The Morgan fingerprint density at radius 3 is 2.56 bits per heavy atom. The zero-order valence-electron chi connectivity index (χ0n) is 16.1. The minimum atomic E-state index is -0.211. The Bertz CT molecular complexity index is 958. The summed E-state index contributed by atoms with van der Waals surface area (Å²) in [4.78, 5) is 6.03. The fraction of sp³-hybridized carbons (Fsp3) is 0.318. The molecule has 2 N–H and O–H groups in total. The van der Waals surface area contributed by atoms with Crippen molar-refractivity contribution in [2.75, 3.05) is 12.8 Å². The average molecular weight is 384 g/mol. The van der Waals surface area contributed by atoms with E-state index in [9.17, 15) is 4.39 Å². The second-order valence-corrected chi connectivity index (χ2v) is 7.58. The Hall–Kier alpha value is -2.11. The quantitative estimate of drug-likeness (QED) is 0.586. The summed E-state index contributed by atoms with van der Waals surface area (Å²) in [6.45, 7) is 4.46. The van der Waals surface area contributed by atoms with Gasteiger partial charge in [0, 0.05) is 22.8 Å². The number of hydrogen-bond donors (Lipinski definition) is 1. The number of aromatic nitrogens is 2. The Morgan fingerprint density at radius 2 is 1.89 bits per heavy atom. The molecule has 0 bridgehead atoms. The van der Waals surface area contributed by atoms with Crippen LogP contribution in [0, 0.1) is 13.8 Å². The van der Waals surface area contributed by atoms with Gasteiger partial charge in [-0.3, -0.25) is 4.98 Å². The number of nitrogens with two attached hydrogens (primary N) is 1. The summed E-state index contributed by atoms with van der Waals surface area (Å²) < 4.78 is 16.2. The van der Waals surface area contributed by atoms with Crippen LogP contribution in [0.25, 0.3) is 11.0 Å². The van der Waals surface area contributed by atoms with Gasteiger partial charge >= 0.3 is 0 Å². The molecule has 2 aromatic heterocycles. The summed E-state index contributed by atoms with van der Waals surface area (Å²) in [5.74, 6) is -0.211. The van der Waals surface area contributed by atoms with Crippen molar-refractivity contribution in [3.8, 4) is 0 Å². The molecule has 1 aromatic carbocycles. The fourth-order valence-corrected chi connectivity index (χ4v) is 3.82. The molecule has 0 aliphatic heterocycles. The SMILES string of the molecule is CSc1ccc(CCc2c(C)n(C/C(F)=C/CN)c3ccc(C)nc23)cc1. The van der Waals surface area contributed by atoms with Crippen molar-refractivity contribution in [3.63, 3.8) is 0 Å². The van der Waals surface area contributed by atoms with Crippen molar-refractivity contribution in [2.24, 2.45) is 5.73 Å². The van der Waals surface area contributed by atoms with Crippen LogP contribution in [0.1, 0.15) is 22.5 Å². The summed E-state index contributed by atoms with van der Waals surface area (Å²) in [5.41, 5.74) is 12.0. The first kappa shape index (κ1) is 19.6. The Labute approximate surface area is 164 Å². The summed E-state index contributed by atoms with van der Waals surface area (Å²) in [6.07, 6.45) is 5.33. The number of hydrogen-bond acceptors (Lipinski definition) is 3. The lowest BCUT2D eigenvalue weighted by Gasteiger charge is -2.07. The average Bonchev–Trinajstić information content (AvgIpc) is 2.91. The van der Waals surface area contributed by atoms with Crippen LogP contribution in [0.2, 0.25) is 0 Å². The van der Waals surface area contributed by atoms with E-state index in [4.69, 9.17) is 10.7 Å². The summed E-state index contributed by atoms with van der Waals surface area (Å²) in [6, 6.07) is 12.7. The molecule has 0 saturated heterocycles. The smallest absolute Gasteiger partial charge is 0.117 e. The third-order valence-electron chi connectivity index (χ3n) is 4.90. The molecular weight excluding hydrogens is 357 g/mol. The third-order valence-corrected chi connectivity index (χ3v) is 5.65. The highest BCUT2D eigenvalue weighted by molar-refractivity contribution is 7.98. The largest absolute Gasteiger partial charge is 0.337 e. The first-order valence-corrected chi connectivity index (χ1v) is 10.4. The first-order valence-electron chi connectivity index (χ1n) is 9.16. The lowest BCUT2D eigenvalue weighted by Crippen LogP contribution is -2.04. The van der Waals surface area contributed by atoms with E-state index in [0.29, 0.717) is 0 Å². The van der Waals surface area contributed by atoms with Gasteiger partial charge in [0.2, 0.25) is 0 Å². The molecule has 0 unspecified atom stereocenters. The van der Waals surface area contributed by atoms with Crippen LogP contribution in [0.3, 0.4) is 0 Å². The van der Waals surface area contributed by atoms with Gasteiger partial charge in [-0.1, -0.05) is 12.1 Å². The monoisotopic (exact) mass is 383 g/mol. The summed E-state index contributed by atoms with van der Waals surface area (Å²) in [5, 5.41) is 0. The second kappa shape index (κ2) is 8.72. The lowest BCUT2D eigenvalue weighted by atomic mass is 10.0. The van der Waals surface area contributed by atoms with E-state index in [0.717, 1.165) is 35.3 Å². The second-order valence-electron chi connectivity index (χ2n) is 6.71. The highest BCUT2D eigenvalue weighted by Crippen LogP contribution is 2.27. The van der Waals surface area contributed by atoms with Crippen molar-refractivity contribution in [2.45, 2.75) is 38.1 Å².